The molecule has 0 spiro atoms. The fourth-order valence-corrected chi connectivity index (χ4v) is 5.82. The molecular weight excluding hydrogens is 426 g/mol. The zero-order chi connectivity index (χ0) is 22.7. The normalized spacial score (nSPS) is 16.9. The van der Waals surface area contributed by atoms with E-state index in [0.717, 1.165) is 37.1 Å². The Morgan fingerprint density at radius 3 is 2.53 bits per heavy atom. The zero-order valence-electron chi connectivity index (χ0n) is 18.8. The van der Waals surface area contributed by atoms with Gasteiger partial charge in [-0.3, -0.25) is 4.79 Å². The highest BCUT2D eigenvalue weighted by atomic mass is 32.2. The first-order chi connectivity index (χ1) is 15.4. The van der Waals surface area contributed by atoms with Gasteiger partial charge in [0.05, 0.1) is 10.5 Å². The summed E-state index contributed by atoms with van der Waals surface area (Å²) in [6.07, 6.45) is 3.52. The van der Waals surface area contributed by atoms with Gasteiger partial charge in [-0.2, -0.15) is 4.31 Å². The molecule has 0 aliphatic carbocycles. The number of nitrogens with zero attached hydrogens (tertiary/aromatic N) is 3. The van der Waals surface area contributed by atoms with Crippen molar-refractivity contribution in [3.63, 3.8) is 0 Å². The van der Waals surface area contributed by atoms with Gasteiger partial charge in [0.15, 0.2) is 0 Å². The average Bonchev–Trinajstić information content (AvgIpc) is 3.23. The van der Waals surface area contributed by atoms with Crippen LogP contribution in [-0.4, -0.2) is 70.4 Å². The third-order valence-corrected chi connectivity index (χ3v) is 7.95. The first kappa shape index (κ1) is 22.8. The van der Waals surface area contributed by atoms with Crippen LogP contribution in [0.4, 0.5) is 5.69 Å². The third kappa shape index (κ3) is 4.67. The molecule has 2 aliphatic heterocycles. The summed E-state index contributed by atoms with van der Waals surface area (Å²) < 4.78 is 33.5. The predicted octanol–water partition coefficient (Wildman–Crippen LogP) is 3.00. The Morgan fingerprint density at radius 1 is 1.03 bits per heavy atom. The van der Waals surface area contributed by atoms with Crippen LogP contribution in [0.3, 0.4) is 0 Å². The number of carbonyl (C=O) groups is 1. The minimum atomic E-state index is -3.49. The van der Waals surface area contributed by atoms with Gasteiger partial charge in [-0.1, -0.05) is 18.6 Å². The number of benzene rings is 2. The smallest absolute Gasteiger partial charge is 0.262 e. The summed E-state index contributed by atoms with van der Waals surface area (Å²) in [6.45, 7) is 2.92. The van der Waals surface area contributed by atoms with Gasteiger partial charge in [-0.25, -0.2) is 8.42 Å². The molecule has 0 aromatic heterocycles. The molecule has 2 aliphatic rings. The number of fused-ring (bicyclic) bond motifs is 1. The van der Waals surface area contributed by atoms with Gasteiger partial charge in [0.25, 0.3) is 5.91 Å². The van der Waals surface area contributed by atoms with E-state index in [1.54, 1.807) is 33.5 Å². The standard InChI is InChI=1S/C24H31N3O4S/c1-25(2)16-17-31-23-9-5-4-8-21(23)24(28)27-15-12-19-18-20(10-11-22(19)27)32(29,30)26-13-6-3-7-14-26/h4-5,8-11,18H,3,6-7,12-17H2,1-2H3. The molecule has 172 valence electrons. The zero-order valence-corrected chi connectivity index (χ0v) is 19.6. The number of amides is 1. The van der Waals surface area contributed by atoms with Crippen molar-refractivity contribution in [2.24, 2.45) is 0 Å². The number of likely N-dealkylation sites (N-methyl/N-ethyl adjacent to an activating group) is 1. The van der Waals surface area contributed by atoms with E-state index in [0.29, 0.717) is 48.9 Å². The monoisotopic (exact) mass is 457 g/mol. The highest BCUT2D eigenvalue weighted by Crippen LogP contribution is 2.34. The quantitative estimate of drug-likeness (QED) is 0.639. The molecule has 7 nitrogen and oxygen atoms in total. The van der Waals surface area contributed by atoms with Gasteiger partial charge >= 0.3 is 0 Å². The molecule has 0 N–H and O–H groups in total. The molecular formula is C24H31N3O4S. The van der Waals surface area contributed by atoms with Crippen molar-refractivity contribution < 1.29 is 17.9 Å². The Bertz CT molecular complexity index is 1080. The Morgan fingerprint density at radius 2 is 1.78 bits per heavy atom. The van der Waals surface area contributed by atoms with Crippen LogP contribution in [0.15, 0.2) is 47.4 Å². The van der Waals surface area contributed by atoms with Crippen LogP contribution in [-0.2, 0) is 16.4 Å². The van der Waals surface area contributed by atoms with Crippen molar-refractivity contribution in [1.82, 2.24) is 9.21 Å². The molecule has 0 radical (unpaired) electrons. The number of hydrogen-bond donors (Lipinski definition) is 0. The van der Waals surface area contributed by atoms with Crippen LogP contribution < -0.4 is 9.64 Å². The first-order valence-electron chi connectivity index (χ1n) is 11.2. The van der Waals surface area contributed by atoms with Gasteiger partial charge in [-0.05, 0) is 69.3 Å². The highest BCUT2D eigenvalue weighted by Gasteiger charge is 2.31. The van der Waals surface area contributed by atoms with Crippen molar-refractivity contribution in [3.8, 4) is 5.75 Å². The Hall–Kier alpha value is -2.42. The summed E-state index contributed by atoms with van der Waals surface area (Å²) in [6, 6.07) is 12.4. The summed E-state index contributed by atoms with van der Waals surface area (Å²) in [7, 11) is 0.455. The maximum absolute atomic E-state index is 13.4. The van der Waals surface area contributed by atoms with Crippen LogP contribution >= 0.6 is 0 Å². The van der Waals surface area contributed by atoms with Crippen molar-refractivity contribution >= 4 is 21.6 Å². The van der Waals surface area contributed by atoms with Gasteiger partial charge < -0.3 is 14.5 Å². The molecule has 0 atom stereocenters. The SMILES string of the molecule is CN(C)CCOc1ccccc1C(=O)N1CCc2cc(S(=O)(=O)N3CCCCC3)ccc21. The minimum absolute atomic E-state index is 0.129. The minimum Gasteiger partial charge on any atom is -0.491 e. The van der Waals surface area contributed by atoms with Crippen molar-refractivity contribution in [1.29, 1.82) is 0 Å². The molecule has 8 heteroatoms. The lowest BCUT2D eigenvalue weighted by molar-refractivity contribution is 0.0985. The molecule has 0 bridgehead atoms. The number of piperidine rings is 1. The number of rotatable bonds is 7. The van der Waals surface area contributed by atoms with Crippen LogP contribution in [0.1, 0.15) is 35.2 Å². The number of anilines is 1. The third-order valence-electron chi connectivity index (χ3n) is 6.06. The number of hydrogen-bond acceptors (Lipinski definition) is 5. The molecule has 1 amide bonds. The predicted molar refractivity (Wildman–Crippen MR) is 125 cm³/mol. The number of carbonyl (C=O) groups excluding carboxylic acids is 1. The molecule has 0 saturated carbocycles. The molecule has 2 aromatic carbocycles. The van der Waals surface area contributed by atoms with E-state index >= 15 is 0 Å². The van der Waals surface area contributed by atoms with Crippen molar-refractivity contribution in [2.75, 3.05) is 51.8 Å². The summed E-state index contributed by atoms with van der Waals surface area (Å²) in [5.41, 5.74) is 2.18. The van der Waals surface area contributed by atoms with E-state index in [2.05, 4.69) is 0 Å². The van der Waals surface area contributed by atoms with Gasteiger partial charge in [0.2, 0.25) is 10.0 Å². The Labute approximate surface area is 190 Å². The fourth-order valence-electron chi connectivity index (χ4n) is 4.26. The van der Waals surface area contributed by atoms with E-state index in [-0.39, 0.29) is 5.91 Å². The average molecular weight is 458 g/mol. The molecule has 32 heavy (non-hydrogen) atoms. The lowest BCUT2D eigenvalue weighted by Gasteiger charge is -2.26. The van der Waals surface area contributed by atoms with E-state index in [1.165, 1.54) is 0 Å². The van der Waals surface area contributed by atoms with Gasteiger partial charge in [0.1, 0.15) is 12.4 Å². The molecule has 1 fully saturated rings. The van der Waals surface area contributed by atoms with E-state index in [1.807, 2.05) is 37.2 Å². The van der Waals surface area contributed by atoms with Crippen molar-refractivity contribution in [2.45, 2.75) is 30.6 Å². The molecule has 2 heterocycles. The molecule has 1 saturated heterocycles. The Kier molecular flexibility index (Phi) is 6.83. The second-order valence-electron chi connectivity index (χ2n) is 8.61. The lowest BCUT2D eigenvalue weighted by Crippen LogP contribution is -2.35. The van der Waals surface area contributed by atoms with E-state index < -0.39 is 10.0 Å². The molecule has 4 rings (SSSR count). The Balaban J connectivity index is 1.55. The van der Waals surface area contributed by atoms with Crippen molar-refractivity contribution in [3.05, 3.63) is 53.6 Å². The van der Waals surface area contributed by atoms with E-state index in [4.69, 9.17) is 4.74 Å². The number of para-hydroxylation sites is 1. The maximum atomic E-state index is 13.4. The largest absolute Gasteiger partial charge is 0.491 e. The van der Waals surface area contributed by atoms with Crippen LogP contribution in [0.2, 0.25) is 0 Å². The van der Waals surface area contributed by atoms with Gasteiger partial charge in [0, 0.05) is 31.9 Å². The summed E-state index contributed by atoms with van der Waals surface area (Å²) in [5.74, 6) is 0.438. The summed E-state index contributed by atoms with van der Waals surface area (Å²) in [5, 5.41) is 0. The number of ether oxygens (including phenoxy) is 1. The fraction of sp³-hybridized carbons (Fsp3) is 0.458. The topological polar surface area (TPSA) is 70.2 Å². The maximum Gasteiger partial charge on any atom is 0.262 e. The van der Waals surface area contributed by atoms with Crippen LogP contribution in [0.25, 0.3) is 0 Å². The van der Waals surface area contributed by atoms with E-state index in [9.17, 15) is 13.2 Å². The summed E-state index contributed by atoms with van der Waals surface area (Å²) in [4.78, 5) is 17.4. The molecule has 2 aromatic rings. The molecule has 0 unspecified atom stereocenters. The second-order valence-corrected chi connectivity index (χ2v) is 10.5. The van der Waals surface area contributed by atoms with Crippen LogP contribution in [0.5, 0.6) is 5.75 Å². The van der Waals surface area contributed by atoms with Crippen LogP contribution in [0, 0.1) is 0 Å². The summed E-state index contributed by atoms with van der Waals surface area (Å²) >= 11 is 0. The lowest BCUT2D eigenvalue weighted by atomic mass is 10.1. The highest BCUT2D eigenvalue weighted by molar-refractivity contribution is 7.89. The van der Waals surface area contributed by atoms with Gasteiger partial charge in [-0.15, -0.1) is 0 Å². The second kappa shape index (κ2) is 9.60. The number of sulfonamides is 1. The first-order valence-corrected chi connectivity index (χ1v) is 12.6.